The van der Waals surface area contributed by atoms with Crippen molar-refractivity contribution in [2.45, 2.75) is 39.2 Å². The number of fused-ring (bicyclic) bond motifs is 1. The summed E-state index contributed by atoms with van der Waals surface area (Å²) in [7, 11) is 0. The molecule has 0 radical (unpaired) electrons. The summed E-state index contributed by atoms with van der Waals surface area (Å²) in [6.45, 7) is 4.10. The van der Waals surface area contributed by atoms with Crippen molar-refractivity contribution in [2.24, 2.45) is 11.7 Å². The minimum atomic E-state index is 0.735. The Balaban J connectivity index is 2.12. The maximum atomic E-state index is 5.49. The fourth-order valence-corrected chi connectivity index (χ4v) is 1.99. The second kappa shape index (κ2) is 4.09. The molecule has 0 fully saturated rings. The highest BCUT2D eigenvalue weighted by molar-refractivity contribution is 5.00. The van der Waals surface area contributed by atoms with Gasteiger partial charge in [-0.15, -0.1) is 10.2 Å². The van der Waals surface area contributed by atoms with Crippen molar-refractivity contribution in [1.82, 2.24) is 14.8 Å². The van der Waals surface area contributed by atoms with E-state index in [2.05, 4.69) is 21.7 Å². The van der Waals surface area contributed by atoms with Crippen LogP contribution in [0.2, 0.25) is 0 Å². The highest BCUT2D eigenvalue weighted by Crippen LogP contribution is 2.19. The third-order valence-electron chi connectivity index (χ3n) is 2.89. The molecule has 1 unspecified atom stereocenters. The Morgan fingerprint density at radius 2 is 2.36 bits per heavy atom. The van der Waals surface area contributed by atoms with Crippen LogP contribution in [-0.2, 0) is 19.4 Å². The monoisotopic (exact) mass is 194 g/mol. The first-order chi connectivity index (χ1) is 6.81. The first-order valence-electron chi connectivity index (χ1n) is 5.42. The number of nitrogens with zero attached hydrogens (tertiary/aromatic N) is 3. The number of hydrogen-bond donors (Lipinski definition) is 1. The number of rotatable bonds is 3. The molecule has 0 saturated heterocycles. The summed E-state index contributed by atoms with van der Waals surface area (Å²) in [5, 5.41) is 8.46. The van der Waals surface area contributed by atoms with Gasteiger partial charge in [-0.25, -0.2) is 0 Å². The smallest absolute Gasteiger partial charge is 0.133 e. The van der Waals surface area contributed by atoms with E-state index in [1.54, 1.807) is 0 Å². The second-order valence-corrected chi connectivity index (χ2v) is 4.17. The SMILES string of the molecule is CC1CCn2c(CCCN)nnc2C1. The van der Waals surface area contributed by atoms with E-state index in [0.29, 0.717) is 0 Å². The van der Waals surface area contributed by atoms with Crippen molar-refractivity contribution < 1.29 is 0 Å². The molecule has 1 aromatic heterocycles. The minimum Gasteiger partial charge on any atom is -0.330 e. The Morgan fingerprint density at radius 1 is 1.50 bits per heavy atom. The second-order valence-electron chi connectivity index (χ2n) is 4.17. The van der Waals surface area contributed by atoms with Crippen LogP contribution in [0.15, 0.2) is 0 Å². The topological polar surface area (TPSA) is 56.7 Å². The Bertz CT molecular complexity index is 305. The summed E-state index contributed by atoms with van der Waals surface area (Å²) in [5.41, 5.74) is 5.49. The number of nitrogens with two attached hydrogens (primary N) is 1. The molecular weight excluding hydrogens is 176 g/mol. The molecule has 14 heavy (non-hydrogen) atoms. The van der Waals surface area contributed by atoms with Crippen molar-refractivity contribution >= 4 is 0 Å². The molecule has 0 aliphatic carbocycles. The van der Waals surface area contributed by atoms with E-state index < -0.39 is 0 Å². The minimum absolute atomic E-state index is 0.735. The van der Waals surface area contributed by atoms with Gasteiger partial charge >= 0.3 is 0 Å². The molecule has 1 aliphatic rings. The van der Waals surface area contributed by atoms with E-state index in [-0.39, 0.29) is 0 Å². The predicted molar refractivity (Wildman–Crippen MR) is 54.9 cm³/mol. The highest BCUT2D eigenvalue weighted by Gasteiger charge is 2.19. The largest absolute Gasteiger partial charge is 0.330 e. The maximum Gasteiger partial charge on any atom is 0.133 e. The molecule has 2 N–H and O–H groups in total. The molecule has 0 aromatic carbocycles. The number of aryl methyl sites for hydroxylation is 1. The van der Waals surface area contributed by atoms with Crippen LogP contribution in [0.1, 0.15) is 31.4 Å². The number of hydrogen-bond acceptors (Lipinski definition) is 3. The van der Waals surface area contributed by atoms with Gasteiger partial charge in [-0.05, 0) is 25.3 Å². The van der Waals surface area contributed by atoms with E-state index in [0.717, 1.165) is 49.9 Å². The highest BCUT2D eigenvalue weighted by atomic mass is 15.3. The molecule has 0 bridgehead atoms. The van der Waals surface area contributed by atoms with Gasteiger partial charge in [0.25, 0.3) is 0 Å². The number of aromatic nitrogens is 3. The van der Waals surface area contributed by atoms with Gasteiger partial charge in [0.15, 0.2) is 0 Å². The summed E-state index contributed by atoms with van der Waals surface area (Å²) >= 11 is 0. The van der Waals surface area contributed by atoms with Gasteiger partial charge < -0.3 is 10.3 Å². The Hall–Kier alpha value is -0.900. The van der Waals surface area contributed by atoms with Gasteiger partial charge in [0.1, 0.15) is 11.6 Å². The Kier molecular flexibility index (Phi) is 2.82. The van der Waals surface area contributed by atoms with Crippen molar-refractivity contribution in [3.05, 3.63) is 11.6 Å². The molecular formula is C10H18N4. The lowest BCUT2D eigenvalue weighted by Gasteiger charge is -2.20. The van der Waals surface area contributed by atoms with Crippen LogP contribution >= 0.6 is 0 Å². The zero-order valence-electron chi connectivity index (χ0n) is 8.74. The summed E-state index contributed by atoms with van der Waals surface area (Å²) in [5.74, 6) is 3.04. The van der Waals surface area contributed by atoms with Crippen LogP contribution in [0, 0.1) is 5.92 Å². The average Bonchev–Trinajstić information content (AvgIpc) is 2.57. The molecule has 4 nitrogen and oxygen atoms in total. The molecule has 4 heteroatoms. The first-order valence-corrected chi connectivity index (χ1v) is 5.42. The molecule has 1 aromatic rings. The van der Waals surface area contributed by atoms with Gasteiger partial charge in [0, 0.05) is 19.4 Å². The summed E-state index contributed by atoms with van der Waals surface area (Å²) in [6, 6.07) is 0. The van der Waals surface area contributed by atoms with Crippen LogP contribution in [0.25, 0.3) is 0 Å². The fraction of sp³-hybridized carbons (Fsp3) is 0.800. The van der Waals surface area contributed by atoms with Crippen LogP contribution in [0.5, 0.6) is 0 Å². The van der Waals surface area contributed by atoms with Gasteiger partial charge in [0.05, 0.1) is 0 Å². The van der Waals surface area contributed by atoms with Crippen LogP contribution in [-0.4, -0.2) is 21.3 Å². The summed E-state index contributed by atoms with van der Waals surface area (Å²) < 4.78 is 2.27. The first kappa shape index (κ1) is 9.65. The normalized spacial score (nSPS) is 20.9. The van der Waals surface area contributed by atoms with Crippen molar-refractivity contribution in [3.63, 3.8) is 0 Å². The fourth-order valence-electron chi connectivity index (χ4n) is 1.99. The van der Waals surface area contributed by atoms with E-state index in [4.69, 9.17) is 5.73 Å². The Morgan fingerprint density at radius 3 is 3.14 bits per heavy atom. The van der Waals surface area contributed by atoms with Gasteiger partial charge in [-0.1, -0.05) is 6.92 Å². The van der Waals surface area contributed by atoms with Crippen LogP contribution in [0.4, 0.5) is 0 Å². The lowest BCUT2D eigenvalue weighted by Crippen LogP contribution is -2.19. The van der Waals surface area contributed by atoms with Crippen molar-refractivity contribution in [2.75, 3.05) is 6.54 Å². The molecule has 1 aliphatic heterocycles. The quantitative estimate of drug-likeness (QED) is 0.772. The van der Waals surface area contributed by atoms with Gasteiger partial charge in [0.2, 0.25) is 0 Å². The predicted octanol–water partition coefficient (Wildman–Crippen LogP) is 0.752. The van der Waals surface area contributed by atoms with Gasteiger partial charge in [-0.2, -0.15) is 0 Å². The van der Waals surface area contributed by atoms with Crippen molar-refractivity contribution in [1.29, 1.82) is 0 Å². The molecule has 0 saturated carbocycles. The zero-order valence-corrected chi connectivity index (χ0v) is 8.74. The maximum absolute atomic E-state index is 5.49. The standard InChI is InChI=1S/C10H18N4/c1-8-4-6-14-9(3-2-5-11)12-13-10(14)7-8/h8H,2-7,11H2,1H3. The molecule has 1 atom stereocenters. The summed E-state index contributed by atoms with van der Waals surface area (Å²) in [6.07, 6.45) is 4.31. The van der Waals surface area contributed by atoms with E-state index in [9.17, 15) is 0 Å². The third kappa shape index (κ3) is 1.80. The van der Waals surface area contributed by atoms with Crippen molar-refractivity contribution in [3.8, 4) is 0 Å². The van der Waals surface area contributed by atoms with Crippen LogP contribution < -0.4 is 5.73 Å². The Labute approximate surface area is 84.5 Å². The van der Waals surface area contributed by atoms with E-state index >= 15 is 0 Å². The molecule has 78 valence electrons. The summed E-state index contributed by atoms with van der Waals surface area (Å²) in [4.78, 5) is 0. The molecule has 0 spiro atoms. The zero-order chi connectivity index (χ0) is 9.97. The lowest BCUT2D eigenvalue weighted by molar-refractivity contribution is 0.402. The van der Waals surface area contributed by atoms with Gasteiger partial charge in [-0.3, -0.25) is 0 Å². The lowest BCUT2D eigenvalue weighted by atomic mass is 10.0. The van der Waals surface area contributed by atoms with E-state index in [1.165, 1.54) is 6.42 Å². The van der Waals surface area contributed by atoms with E-state index in [1.807, 2.05) is 0 Å². The third-order valence-corrected chi connectivity index (χ3v) is 2.89. The molecule has 2 heterocycles. The molecule has 2 rings (SSSR count). The van der Waals surface area contributed by atoms with Crippen LogP contribution in [0.3, 0.4) is 0 Å². The average molecular weight is 194 g/mol. The molecule has 0 amide bonds.